The molecule has 5 nitrogen and oxygen atoms in total. The van der Waals surface area contributed by atoms with Crippen LogP contribution in [0, 0.1) is 0 Å². The largest absolute Gasteiger partial charge is 0.490 e. The van der Waals surface area contributed by atoms with Crippen LogP contribution in [0.4, 0.5) is 5.82 Å². The van der Waals surface area contributed by atoms with Gasteiger partial charge in [0.25, 0.3) is 0 Å². The standard InChI is InChI=1S/C17H17ClN2O3S/c1-11(17(21)20-16-6-3-12(18)10-19-16)24-13-4-5-14-15(9-13)23-8-2-7-22-14/h3-6,9-11H,2,7-8H2,1H3,(H,19,20,21)/t11-/m0/s1. The number of aromatic nitrogens is 1. The summed E-state index contributed by atoms with van der Waals surface area (Å²) in [6.07, 6.45) is 2.36. The summed E-state index contributed by atoms with van der Waals surface area (Å²) in [5.74, 6) is 1.83. The van der Waals surface area contributed by atoms with Crippen molar-refractivity contribution in [3.63, 3.8) is 0 Å². The van der Waals surface area contributed by atoms with Crippen molar-refractivity contribution in [2.75, 3.05) is 18.5 Å². The normalized spacial score (nSPS) is 14.6. The number of carbonyl (C=O) groups excluding carboxylic acids is 1. The predicted molar refractivity (Wildman–Crippen MR) is 95.2 cm³/mol. The van der Waals surface area contributed by atoms with E-state index in [4.69, 9.17) is 21.1 Å². The van der Waals surface area contributed by atoms with Gasteiger partial charge in [-0.3, -0.25) is 4.79 Å². The molecule has 0 spiro atoms. The molecule has 0 fully saturated rings. The Morgan fingerprint density at radius 3 is 2.79 bits per heavy atom. The molecule has 7 heteroatoms. The van der Waals surface area contributed by atoms with Gasteiger partial charge in [-0.2, -0.15) is 0 Å². The van der Waals surface area contributed by atoms with E-state index in [9.17, 15) is 4.79 Å². The van der Waals surface area contributed by atoms with Crippen LogP contribution in [0.25, 0.3) is 0 Å². The molecule has 126 valence electrons. The number of hydrogen-bond donors (Lipinski definition) is 1. The number of nitrogens with one attached hydrogen (secondary N) is 1. The second kappa shape index (κ2) is 7.77. The molecule has 1 N–H and O–H groups in total. The highest BCUT2D eigenvalue weighted by atomic mass is 35.5. The summed E-state index contributed by atoms with van der Waals surface area (Å²) in [6.45, 7) is 3.14. The van der Waals surface area contributed by atoms with Crippen molar-refractivity contribution < 1.29 is 14.3 Å². The van der Waals surface area contributed by atoms with Gasteiger partial charge in [-0.25, -0.2) is 4.98 Å². The molecule has 0 saturated heterocycles. The zero-order valence-corrected chi connectivity index (χ0v) is 14.7. The van der Waals surface area contributed by atoms with E-state index in [1.807, 2.05) is 25.1 Å². The molecule has 2 aromatic rings. The van der Waals surface area contributed by atoms with E-state index in [0.29, 0.717) is 24.1 Å². The van der Waals surface area contributed by atoms with Crippen LogP contribution in [0.1, 0.15) is 13.3 Å². The van der Waals surface area contributed by atoms with Crippen molar-refractivity contribution in [1.29, 1.82) is 0 Å². The summed E-state index contributed by atoms with van der Waals surface area (Å²) in [7, 11) is 0. The monoisotopic (exact) mass is 364 g/mol. The predicted octanol–water partition coefficient (Wildman–Crippen LogP) is 4.02. The Morgan fingerprint density at radius 2 is 2.04 bits per heavy atom. The first-order valence-corrected chi connectivity index (χ1v) is 8.86. The number of fused-ring (bicyclic) bond motifs is 1. The van der Waals surface area contributed by atoms with Crippen molar-refractivity contribution >= 4 is 35.1 Å². The molecule has 0 saturated carbocycles. The zero-order valence-electron chi connectivity index (χ0n) is 13.1. The lowest BCUT2D eigenvalue weighted by Crippen LogP contribution is -2.22. The molecule has 24 heavy (non-hydrogen) atoms. The molecule has 1 aliphatic rings. The lowest BCUT2D eigenvalue weighted by Gasteiger charge is -2.13. The Morgan fingerprint density at radius 1 is 1.25 bits per heavy atom. The van der Waals surface area contributed by atoms with Crippen LogP contribution in [0.5, 0.6) is 11.5 Å². The van der Waals surface area contributed by atoms with Gasteiger partial charge in [0.1, 0.15) is 5.82 Å². The van der Waals surface area contributed by atoms with Crippen LogP contribution in [0.2, 0.25) is 5.02 Å². The van der Waals surface area contributed by atoms with Crippen LogP contribution in [0.15, 0.2) is 41.4 Å². The number of halogens is 1. The molecule has 1 aromatic heterocycles. The van der Waals surface area contributed by atoms with E-state index < -0.39 is 0 Å². The number of benzene rings is 1. The Labute approximate surface area is 149 Å². The molecule has 1 aliphatic heterocycles. The van der Waals surface area contributed by atoms with Gasteiger partial charge in [0.15, 0.2) is 11.5 Å². The molecule has 1 aromatic carbocycles. The van der Waals surface area contributed by atoms with Crippen LogP contribution in [-0.4, -0.2) is 29.4 Å². The van der Waals surface area contributed by atoms with Gasteiger partial charge in [0.05, 0.1) is 23.5 Å². The van der Waals surface area contributed by atoms with Crippen molar-refractivity contribution in [2.45, 2.75) is 23.5 Å². The van der Waals surface area contributed by atoms with Crippen LogP contribution in [0.3, 0.4) is 0 Å². The number of amides is 1. The quantitative estimate of drug-likeness (QED) is 0.830. The highest BCUT2D eigenvalue weighted by molar-refractivity contribution is 8.00. The lowest BCUT2D eigenvalue weighted by atomic mass is 10.3. The molecule has 0 bridgehead atoms. The van der Waals surface area contributed by atoms with E-state index in [1.54, 1.807) is 12.1 Å². The highest BCUT2D eigenvalue weighted by Gasteiger charge is 2.17. The van der Waals surface area contributed by atoms with Crippen LogP contribution in [-0.2, 0) is 4.79 Å². The summed E-state index contributed by atoms with van der Waals surface area (Å²) < 4.78 is 11.3. The molecule has 0 radical (unpaired) electrons. The number of hydrogen-bond acceptors (Lipinski definition) is 5. The third kappa shape index (κ3) is 4.33. The fourth-order valence-corrected chi connectivity index (χ4v) is 3.16. The Kier molecular flexibility index (Phi) is 5.48. The Bertz CT molecular complexity index is 724. The number of anilines is 1. The minimum absolute atomic E-state index is 0.123. The minimum atomic E-state index is -0.285. The molecular weight excluding hydrogens is 348 g/mol. The second-order valence-electron chi connectivity index (χ2n) is 5.27. The van der Waals surface area contributed by atoms with Gasteiger partial charge in [0.2, 0.25) is 5.91 Å². The maximum atomic E-state index is 12.3. The number of nitrogens with zero attached hydrogens (tertiary/aromatic N) is 1. The first kappa shape index (κ1) is 16.9. The van der Waals surface area contributed by atoms with Gasteiger partial charge < -0.3 is 14.8 Å². The van der Waals surface area contributed by atoms with Crippen LogP contribution >= 0.6 is 23.4 Å². The summed E-state index contributed by atoms with van der Waals surface area (Å²) in [6, 6.07) is 9.09. The molecule has 0 unspecified atom stereocenters. The fraction of sp³-hybridized carbons (Fsp3) is 0.294. The van der Waals surface area contributed by atoms with Crippen molar-refractivity contribution in [3.8, 4) is 11.5 Å². The van der Waals surface area contributed by atoms with Gasteiger partial charge in [-0.05, 0) is 37.3 Å². The number of thioether (sulfide) groups is 1. The topological polar surface area (TPSA) is 60.5 Å². The highest BCUT2D eigenvalue weighted by Crippen LogP contribution is 2.35. The van der Waals surface area contributed by atoms with E-state index in [1.165, 1.54) is 18.0 Å². The van der Waals surface area contributed by atoms with E-state index in [0.717, 1.165) is 22.8 Å². The van der Waals surface area contributed by atoms with Gasteiger partial charge in [0, 0.05) is 17.5 Å². The number of pyridine rings is 1. The zero-order chi connectivity index (χ0) is 16.9. The molecular formula is C17H17ClN2O3S. The summed E-state index contributed by atoms with van der Waals surface area (Å²) in [4.78, 5) is 17.3. The number of rotatable bonds is 4. The number of ether oxygens (including phenoxy) is 2. The van der Waals surface area contributed by atoms with E-state index >= 15 is 0 Å². The number of carbonyl (C=O) groups is 1. The minimum Gasteiger partial charge on any atom is -0.490 e. The van der Waals surface area contributed by atoms with Gasteiger partial charge in [-0.15, -0.1) is 11.8 Å². The van der Waals surface area contributed by atoms with Gasteiger partial charge >= 0.3 is 0 Å². The summed E-state index contributed by atoms with van der Waals surface area (Å²) in [5.41, 5.74) is 0. The molecule has 1 atom stereocenters. The van der Waals surface area contributed by atoms with Crippen molar-refractivity contribution in [2.24, 2.45) is 0 Å². The molecule has 1 amide bonds. The van der Waals surface area contributed by atoms with Crippen molar-refractivity contribution in [3.05, 3.63) is 41.6 Å². The second-order valence-corrected chi connectivity index (χ2v) is 7.12. The molecule has 3 rings (SSSR count). The first-order valence-electron chi connectivity index (χ1n) is 7.60. The summed E-state index contributed by atoms with van der Waals surface area (Å²) >= 11 is 7.24. The smallest absolute Gasteiger partial charge is 0.238 e. The first-order chi connectivity index (χ1) is 11.6. The molecule has 0 aliphatic carbocycles. The Balaban J connectivity index is 1.63. The average molecular weight is 365 g/mol. The van der Waals surface area contributed by atoms with Crippen LogP contribution < -0.4 is 14.8 Å². The summed E-state index contributed by atoms with van der Waals surface area (Å²) in [5, 5.41) is 3.02. The maximum Gasteiger partial charge on any atom is 0.238 e. The SMILES string of the molecule is C[C@H](Sc1ccc2c(c1)OCCCO2)C(=O)Nc1ccc(Cl)cn1. The third-order valence-corrected chi connectivity index (χ3v) is 4.70. The molecule has 2 heterocycles. The fourth-order valence-electron chi connectivity index (χ4n) is 2.15. The van der Waals surface area contributed by atoms with E-state index in [2.05, 4.69) is 10.3 Å². The van der Waals surface area contributed by atoms with Crippen molar-refractivity contribution in [1.82, 2.24) is 4.98 Å². The third-order valence-electron chi connectivity index (χ3n) is 3.38. The maximum absolute atomic E-state index is 12.3. The lowest BCUT2D eigenvalue weighted by molar-refractivity contribution is -0.115. The Hall–Kier alpha value is -1.92. The van der Waals surface area contributed by atoms with Gasteiger partial charge in [-0.1, -0.05) is 11.6 Å². The average Bonchev–Trinajstić information content (AvgIpc) is 2.81. The van der Waals surface area contributed by atoms with E-state index in [-0.39, 0.29) is 11.2 Å².